The number of carbonyl (C=O) groups excluding carboxylic acids is 1. The van der Waals surface area contributed by atoms with Gasteiger partial charge in [-0.15, -0.1) is 0 Å². The average Bonchev–Trinajstić information content (AvgIpc) is 2.89. The zero-order valence-electron chi connectivity index (χ0n) is 18.1. The largest absolute Gasteiger partial charge is 0.491 e. The average molecular weight is 407 g/mol. The van der Waals surface area contributed by atoms with E-state index in [4.69, 9.17) is 14.7 Å². The van der Waals surface area contributed by atoms with E-state index in [9.17, 15) is 4.79 Å². The lowest BCUT2D eigenvalue weighted by Gasteiger charge is -2.10. The molecule has 0 bridgehead atoms. The van der Waals surface area contributed by atoms with E-state index in [0.717, 1.165) is 66.2 Å². The first kappa shape index (κ1) is 20.4. The molecule has 3 aromatic rings. The highest BCUT2D eigenvalue weighted by Gasteiger charge is 2.20. The number of pyridine rings is 1. The Bertz CT molecular complexity index is 1040. The Kier molecular flexibility index (Phi) is 6.02. The maximum atomic E-state index is 12.9. The zero-order chi connectivity index (χ0) is 21.1. The van der Waals surface area contributed by atoms with Crippen molar-refractivity contribution in [3.63, 3.8) is 0 Å². The molecule has 0 atom stereocenters. The number of benzene rings is 1. The summed E-state index contributed by atoms with van der Waals surface area (Å²) in [6.07, 6.45) is 5.37. The summed E-state index contributed by atoms with van der Waals surface area (Å²) in [6, 6.07) is 9.90. The van der Waals surface area contributed by atoms with E-state index in [1.807, 2.05) is 51.1 Å². The van der Waals surface area contributed by atoms with Crippen molar-refractivity contribution >= 4 is 17.1 Å². The van der Waals surface area contributed by atoms with E-state index >= 15 is 0 Å². The summed E-state index contributed by atoms with van der Waals surface area (Å²) in [7, 11) is 0. The van der Waals surface area contributed by atoms with Crippen LogP contribution < -0.4 is 10.1 Å². The number of nitrogens with zero attached hydrogens (tertiary/aromatic N) is 3. The van der Waals surface area contributed by atoms with Gasteiger partial charge in [-0.25, -0.2) is 9.97 Å². The lowest BCUT2D eigenvalue weighted by molar-refractivity contribution is 0.0955. The number of hydrogen-bond donors (Lipinski definition) is 1. The molecule has 6 nitrogen and oxygen atoms in total. The van der Waals surface area contributed by atoms with Crippen LogP contribution in [-0.4, -0.2) is 33.1 Å². The summed E-state index contributed by atoms with van der Waals surface area (Å²) < 4.78 is 7.88. The predicted molar refractivity (Wildman–Crippen MR) is 118 cm³/mol. The van der Waals surface area contributed by atoms with Crippen molar-refractivity contribution in [3.8, 4) is 5.75 Å². The standard InChI is InChI=1S/C24H30N4O2/c1-16(2)30-19-10-8-18(9-11-19)12-13-25-24(29)20-15-17(3)26-23-22(20)27-21-7-5-4-6-14-28(21)23/h8-11,15-16H,4-7,12-14H2,1-3H3,(H,25,29). The first-order valence-corrected chi connectivity index (χ1v) is 10.9. The number of hydrogen-bond acceptors (Lipinski definition) is 4. The second-order valence-corrected chi connectivity index (χ2v) is 8.29. The molecule has 0 unspecified atom stereocenters. The smallest absolute Gasteiger partial charge is 0.253 e. The number of aromatic nitrogens is 3. The monoisotopic (exact) mass is 406 g/mol. The van der Waals surface area contributed by atoms with Gasteiger partial charge in [-0.1, -0.05) is 18.6 Å². The molecule has 1 N–H and O–H groups in total. The van der Waals surface area contributed by atoms with Gasteiger partial charge in [0, 0.05) is 25.2 Å². The van der Waals surface area contributed by atoms with Crippen molar-refractivity contribution in [3.05, 3.63) is 53.0 Å². The van der Waals surface area contributed by atoms with Gasteiger partial charge in [0.15, 0.2) is 5.65 Å². The first-order valence-electron chi connectivity index (χ1n) is 10.9. The number of fused-ring (bicyclic) bond motifs is 3. The lowest BCUT2D eigenvalue weighted by atomic mass is 10.1. The molecule has 1 aliphatic rings. The molecule has 3 heterocycles. The predicted octanol–water partition coefficient (Wildman–Crippen LogP) is 4.23. The molecule has 0 saturated heterocycles. The summed E-state index contributed by atoms with van der Waals surface area (Å²) in [5.41, 5.74) is 4.21. The maximum Gasteiger partial charge on any atom is 0.253 e. The van der Waals surface area contributed by atoms with Gasteiger partial charge < -0.3 is 14.6 Å². The Labute approximate surface area is 177 Å². The third-order valence-electron chi connectivity index (χ3n) is 5.43. The molecule has 2 aromatic heterocycles. The fourth-order valence-electron chi connectivity index (χ4n) is 4.01. The van der Waals surface area contributed by atoms with E-state index in [-0.39, 0.29) is 12.0 Å². The van der Waals surface area contributed by atoms with Crippen LogP contribution in [0.2, 0.25) is 0 Å². The Morgan fingerprint density at radius 1 is 1.17 bits per heavy atom. The Hall–Kier alpha value is -2.89. The fraction of sp³-hybridized carbons (Fsp3) is 0.458. The molecule has 0 radical (unpaired) electrons. The zero-order valence-corrected chi connectivity index (χ0v) is 18.1. The van der Waals surface area contributed by atoms with Gasteiger partial charge >= 0.3 is 0 Å². The van der Waals surface area contributed by atoms with Crippen molar-refractivity contribution in [1.82, 2.24) is 19.9 Å². The third kappa shape index (κ3) is 4.48. The summed E-state index contributed by atoms with van der Waals surface area (Å²) >= 11 is 0. The highest BCUT2D eigenvalue weighted by Crippen LogP contribution is 2.24. The van der Waals surface area contributed by atoms with Crippen LogP contribution in [0.4, 0.5) is 0 Å². The molecule has 1 aromatic carbocycles. The van der Waals surface area contributed by atoms with Crippen LogP contribution in [-0.2, 0) is 19.4 Å². The van der Waals surface area contributed by atoms with Crippen LogP contribution >= 0.6 is 0 Å². The molecule has 30 heavy (non-hydrogen) atoms. The van der Waals surface area contributed by atoms with Crippen molar-refractivity contribution in [2.75, 3.05) is 6.54 Å². The van der Waals surface area contributed by atoms with Crippen LogP contribution in [0.3, 0.4) is 0 Å². The third-order valence-corrected chi connectivity index (χ3v) is 5.43. The van der Waals surface area contributed by atoms with E-state index in [0.29, 0.717) is 12.1 Å². The number of imidazole rings is 1. The molecule has 6 heteroatoms. The van der Waals surface area contributed by atoms with E-state index in [1.165, 1.54) is 6.42 Å². The van der Waals surface area contributed by atoms with Gasteiger partial charge in [0.2, 0.25) is 0 Å². The number of amides is 1. The first-order chi connectivity index (χ1) is 14.5. The number of ether oxygens (including phenoxy) is 1. The fourth-order valence-corrected chi connectivity index (χ4v) is 4.01. The maximum absolute atomic E-state index is 12.9. The van der Waals surface area contributed by atoms with Crippen LogP contribution in [0.15, 0.2) is 30.3 Å². The van der Waals surface area contributed by atoms with Gasteiger partial charge in [0.25, 0.3) is 5.91 Å². The highest BCUT2D eigenvalue weighted by atomic mass is 16.5. The van der Waals surface area contributed by atoms with Gasteiger partial charge in [-0.3, -0.25) is 4.79 Å². The van der Waals surface area contributed by atoms with Crippen LogP contribution in [0.25, 0.3) is 11.2 Å². The lowest BCUT2D eigenvalue weighted by Crippen LogP contribution is -2.26. The van der Waals surface area contributed by atoms with Gasteiger partial charge in [0.05, 0.1) is 11.7 Å². The van der Waals surface area contributed by atoms with E-state index in [1.54, 1.807) is 0 Å². The molecule has 1 aliphatic heterocycles. The van der Waals surface area contributed by atoms with E-state index < -0.39 is 0 Å². The number of aryl methyl sites for hydroxylation is 3. The number of carbonyl (C=O) groups is 1. The molecule has 0 spiro atoms. The van der Waals surface area contributed by atoms with Crippen molar-refractivity contribution in [2.24, 2.45) is 0 Å². The summed E-state index contributed by atoms with van der Waals surface area (Å²) in [5, 5.41) is 3.06. The SMILES string of the molecule is Cc1cc(C(=O)NCCc2ccc(OC(C)C)cc2)c2nc3n(c2n1)CCCCC3. The molecule has 1 amide bonds. The molecular weight excluding hydrogens is 376 g/mol. The second-order valence-electron chi connectivity index (χ2n) is 8.29. The molecule has 0 aliphatic carbocycles. The molecule has 0 saturated carbocycles. The Balaban J connectivity index is 1.46. The van der Waals surface area contributed by atoms with Crippen molar-refractivity contribution in [1.29, 1.82) is 0 Å². The Morgan fingerprint density at radius 3 is 2.73 bits per heavy atom. The Morgan fingerprint density at radius 2 is 1.97 bits per heavy atom. The summed E-state index contributed by atoms with van der Waals surface area (Å²) in [6.45, 7) is 7.46. The summed E-state index contributed by atoms with van der Waals surface area (Å²) in [5.74, 6) is 1.84. The molecule has 158 valence electrons. The number of rotatable bonds is 6. The van der Waals surface area contributed by atoms with Gasteiger partial charge in [0.1, 0.15) is 17.1 Å². The number of nitrogens with one attached hydrogen (secondary N) is 1. The van der Waals surface area contributed by atoms with Crippen LogP contribution in [0.5, 0.6) is 5.75 Å². The quantitative estimate of drug-likeness (QED) is 0.665. The summed E-state index contributed by atoms with van der Waals surface area (Å²) in [4.78, 5) is 22.4. The second kappa shape index (κ2) is 8.86. The molecular formula is C24H30N4O2. The van der Waals surface area contributed by atoms with Crippen molar-refractivity contribution in [2.45, 2.75) is 65.5 Å². The van der Waals surface area contributed by atoms with E-state index in [2.05, 4.69) is 9.88 Å². The van der Waals surface area contributed by atoms with Gasteiger partial charge in [-0.2, -0.15) is 0 Å². The topological polar surface area (TPSA) is 69.0 Å². The molecule has 4 rings (SSSR count). The normalized spacial score (nSPS) is 13.9. The van der Waals surface area contributed by atoms with Crippen LogP contribution in [0.1, 0.15) is 60.5 Å². The minimum absolute atomic E-state index is 0.0847. The highest BCUT2D eigenvalue weighted by molar-refractivity contribution is 6.04. The van der Waals surface area contributed by atoms with Gasteiger partial charge in [-0.05, 0) is 63.8 Å². The van der Waals surface area contributed by atoms with Crippen LogP contribution in [0, 0.1) is 6.92 Å². The van der Waals surface area contributed by atoms with Crippen molar-refractivity contribution < 1.29 is 9.53 Å². The minimum atomic E-state index is -0.0847. The molecule has 0 fully saturated rings. The minimum Gasteiger partial charge on any atom is -0.491 e.